The average molecular weight is 291 g/mol. The fourth-order valence-electron chi connectivity index (χ4n) is 2.22. The molecule has 1 aliphatic heterocycles. The maximum Gasteiger partial charge on any atom is 0.418 e. The summed E-state index contributed by atoms with van der Waals surface area (Å²) in [4.78, 5) is 1.78. The Morgan fingerprint density at radius 3 is 2.74 bits per heavy atom. The van der Waals surface area contributed by atoms with Gasteiger partial charge in [0.2, 0.25) is 0 Å². The molecule has 0 aromatic heterocycles. The van der Waals surface area contributed by atoms with Crippen LogP contribution < -0.4 is 4.90 Å². The molecule has 19 heavy (non-hydrogen) atoms. The van der Waals surface area contributed by atoms with E-state index in [1.165, 1.54) is 6.07 Å². The van der Waals surface area contributed by atoms with E-state index in [1.54, 1.807) is 22.7 Å². The van der Waals surface area contributed by atoms with Gasteiger partial charge in [-0.1, -0.05) is 13.0 Å². The molecule has 0 amide bonds. The molecule has 0 spiro atoms. The Balaban J connectivity index is 2.38. The third-order valence-corrected chi connectivity index (χ3v) is 4.27. The monoisotopic (exact) mass is 291 g/mol. The molecule has 1 fully saturated rings. The lowest BCUT2D eigenvalue weighted by molar-refractivity contribution is -0.137. The molecule has 0 bridgehead atoms. The van der Waals surface area contributed by atoms with Crippen LogP contribution in [-0.2, 0) is 12.8 Å². The number of halogens is 3. The average Bonchev–Trinajstić information content (AvgIpc) is 2.37. The number of rotatable bonds is 2. The van der Waals surface area contributed by atoms with Gasteiger partial charge in [0.05, 0.1) is 12.2 Å². The Kier molecular flexibility index (Phi) is 4.30. The van der Waals surface area contributed by atoms with Crippen LogP contribution in [0.25, 0.3) is 0 Å². The first kappa shape index (κ1) is 14.5. The highest BCUT2D eigenvalue weighted by Gasteiger charge is 2.35. The SMILES string of the molecule is CC1CN(c2ccc(CO)cc2C(F)(F)F)CCS1. The molecule has 106 valence electrons. The van der Waals surface area contributed by atoms with Gasteiger partial charge in [0.1, 0.15) is 0 Å². The highest BCUT2D eigenvalue weighted by Crippen LogP contribution is 2.38. The predicted molar refractivity (Wildman–Crippen MR) is 71.5 cm³/mol. The van der Waals surface area contributed by atoms with Gasteiger partial charge in [0.25, 0.3) is 0 Å². The van der Waals surface area contributed by atoms with Crippen LogP contribution >= 0.6 is 11.8 Å². The lowest BCUT2D eigenvalue weighted by Crippen LogP contribution is -2.37. The maximum absolute atomic E-state index is 13.1. The second-order valence-corrected chi connectivity index (χ2v) is 6.18. The number of hydrogen-bond donors (Lipinski definition) is 1. The number of benzene rings is 1. The smallest absolute Gasteiger partial charge is 0.392 e. The lowest BCUT2D eigenvalue weighted by atomic mass is 10.1. The van der Waals surface area contributed by atoms with E-state index in [4.69, 9.17) is 5.11 Å². The van der Waals surface area contributed by atoms with E-state index in [-0.39, 0.29) is 17.9 Å². The summed E-state index contributed by atoms with van der Waals surface area (Å²) in [6, 6.07) is 4.07. The largest absolute Gasteiger partial charge is 0.418 e. The number of aliphatic hydroxyl groups is 1. The van der Waals surface area contributed by atoms with Crippen LogP contribution in [0.5, 0.6) is 0 Å². The Labute approximate surface area is 114 Å². The maximum atomic E-state index is 13.1. The molecule has 1 heterocycles. The summed E-state index contributed by atoms with van der Waals surface area (Å²) in [5, 5.41) is 9.31. The van der Waals surface area contributed by atoms with E-state index in [9.17, 15) is 13.2 Å². The van der Waals surface area contributed by atoms with Gasteiger partial charge >= 0.3 is 6.18 Å². The number of thioether (sulfide) groups is 1. The summed E-state index contributed by atoms with van der Waals surface area (Å²) < 4.78 is 39.3. The molecule has 2 nitrogen and oxygen atoms in total. The number of hydrogen-bond acceptors (Lipinski definition) is 3. The zero-order valence-corrected chi connectivity index (χ0v) is 11.4. The Bertz CT molecular complexity index is 450. The molecule has 1 aliphatic rings. The van der Waals surface area contributed by atoms with Crippen molar-refractivity contribution in [2.75, 3.05) is 23.7 Å². The zero-order valence-electron chi connectivity index (χ0n) is 10.6. The third kappa shape index (κ3) is 3.36. The number of aliphatic hydroxyl groups excluding tert-OH is 1. The Morgan fingerprint density at radius 2 is 2.16 bits per heavy atom. The number of alkyl halides is 3. The van der Waals surface area contributed by atoms with Crippen LogP contribution in [0.2, 0.25) is 0 Å². The molecule has 0 radical (unpaired) electrons. The van der Waals surface area contributed by atoms with E-state index in [0.29, 0.717) is 18.3 Å². The summed E-state index contributed by atoms with van der Waals surface area (Å²) in [6.07, 6.45) is -4.39. The fraction of sp³-hybridized carbons (Fsp3) is 0.538. The van der Waals surface area contributed by atoms with E-state index in [0.717, 1.165) is 11.8 Å². The minimum Gasteiger partial charge on any atom is -0.392 e. The van der Waals surface area contributed by atoms with Crippen LogP contribution in [0.15, 0.2) is 18.2 Å². The summed E-state index contributed by atoms with van der Waals surface area (Å²) in [6.45, 7) is 2.88. The van der Waals surface area contributed by atoms with Crippen molar-refractivity contribution in [3.05, 3.63) is 29.3 Å². The van der Waals surface area contributed by atoms with Crippen molar-refractivity contribution in [2.24, 2.45) is 0 Å². The second-order valence-electron chi connectivity index (χ2n) is 4.63. The van der Waals surface area contributed by atoms with Crippen molar-refractivity contribution in [1.82, 2.24) is 0 Å². The number of nitrogens with zero attached hydrogens (tertiary/aromatic N) is 1. The first-order valence-corrected chi connectivity index (χ1v) is 7.14. The van der Waals surface area contributed by atoms with Gasteiger partial charge < -0.3 is 10.0 Å². The second kappa shape index (κ2) is 5.63. The molecule has 0 saturated carbocycles. The molecular weight excluding hydrogens is 275 g/mol. The third-order valence-electron chi connectivity index (χ3n) is 3.13. The van der Waals surface area contributed by atoms with Crippen molar-refractivity contribution < 1.29 is 18.3 Å². The quantitative estimate of drug-likeness (QED) is 0.905. The number of anilines is 1. The van der Waals surface area contributed by atoms with Crippen molar-refractivity contribution in [3.63, 3.8) is 0 Å². The minimum absolute atomic E-state index is 0.219. The van der Waals surface area contributed by atoms with Gasteiger partial charge in [-0.15, -0.1) is 0 Å². The van der Waals surface area contributed by atoms with Gasteiger partial charge in [-0.3, -0.25) is 0 Å². The van der Waals surface area contributed by atoms with Gasteiger partial charge in [-0.2, -0.15) is 24.9 Å². The Hall–Kier alpha value is -0.880. The lowest BCUT2D eigenvalue weighted by Gasteiger charge is -2.34. The van der Waals surface area contributed by atoms with Gasteiger partial charge in [0, 0.05) is 29.8 Å². The molecule has 1 aromatic carbocycles. The molecule has 1 unspecified atom stereocenters. The van der Waals surface area contributed by atoms with Crippen molar-refractivity contribution in [1.29, 1.82) is 0 Å². The first-order chi connectivity index (χ1) is 8.91. The minimum atomic E-state index is -4.39. The summed E-state index contributed by atoms with van der Waals surface area (Å²) in [5.74, 6) is 0.834. The fourth-order valence-corrected chi connectivity index (χ4v) is 3.24. The summed E-state index contributed by atoms with van der Waals surface area (Å²) in [7, 11) is 0. The van der Waals surface area contributed by atoms with Crippen LogP contribution in [-0.4, -0.2) is 29.2 Å². The van der Waals surface area contributed by atoms with Crippen molar-refractivity contribution in [2.45, 2.75) is 25.0 Å². The van der Waals surface area contributed by atoms with Crippen LogP contribution in [0.3, 0.4) is 0 Å². The van der Waals surface area contributed by atoms with E-state index in [2.05, 4.69) is 0 Å². The van der Waals surface area contributed by atoms with Crippen LogP contribution in [0.4, 0.5) is 18.9 Å². The highest BCUT2D eigenvalue weighted by molar-refractivity contribution is 8.00. The van der Waals surface area contributed by atoms with E-state index >= 15 is 0 Å². The molecule has 6 heteroatoms. The zero-order chi connectivity index (χ0) is 14.0. The van der Waals surface area contributed by atoms with Crippen LogP contribution in [0, 0.1) is 0 Å². The molecule has 0 aliphatic carbocycles. The normalized spacial score (nSPS) is 20.7. The topological polar surface area (TPSA) is 23.5 Å². The van der Waals surface area contributed by atoms with Gasteiger partial charge in [-0.05, 0) is 17.7 Å². The molecular formula is C13H16F3NOS. The predicted octanol–water partition coefficient (Wildman–Crippen LogP) is 3.14. The summed E-state index contributed by atoms with van der Waals surface area (Å²) >= 11 is 1.77. The molecule has 1 saturated heterocycles. The van der Waals surface area contributed by atoms with Crippen molar-refractivity contribution in [3.8, 4) is 0 Å². The highest BCUT2D eigenvalue weighted by atomic mass is 32.2. The van der Waals surface area contributed by atoms with Crippen LogP contribution in [0.1, 0.15) is 18.1 Å². The molecule has 1 N–H and O–H groups in total. The van der Waals surface area contributed by atoms with Crippen molar-refractivity contribution >= 4 is 17.4 Å². The van der Waals surface area contributed by atoms with E-state index < -0.39 is 11.7 Å². The molecule has 2 rings (SSSR count). The van der Waals surface area contributed by atoms with E-state index in [1.807, 2.05) is 6.92 Å². The first-order valence-electron chi connectivity index (χ1n) is 6.09. The standard InChI is InChI=1S/C13H16F3NOS/c1-9-7-17(4-5-19-9)12-3-2-10(8-18)6-11(12)13(14,15)16/h2-3,6,9,18H,4-5,7-8H2,1H3. The van der Waals surface area contributed by atoms with Gasteiger partial charge in [0.15, 0.2) is 0 Å². The summed E-state index contributed by atoms with van der Waals surface area (Å²) in [5.41, 5.74) is -0.148. The Morgan fingerprint density at radius 1 is 1.42 bits per heavy atom. The van der Waals surface area contributed by atoms with Gasteiger partial charge in [-0.25, -0.2) is 0 Å². The molecule has 1 atom stereocenters. The molecule has 1 aromatic rings.